The first-order valence-electron chi connectivity index (χ1n) is 12.0. The third-order valence-corrected chi connectivity index (χ3v) is 8.75. The van der Waals surface area contributed by atoms with Gasteiger partial charge in [-0.05, 0) is 67.6 Å². The minimum absolute atomic E-state index is 0.0460. The van der Waals surface area contributed by atoms with Crippen molar-refractivity contribution >= 4 is 0 Å². The monoisotopic (exact) mass is 403 g/mol. The first-order chi connectivity index (χ1) is 14.4. The number of benzene rings is 2. The molecule has 30 heavy (non-hydrogen) atoms. The number of fused-ring (bicyclic) bond motifs is 2. The fourth-order valence-electron chi connectivity index (χ4n) is 6.99. The van der Waals surface area contributed by atoms with Gasteiger partial charge in [0.1, 0.15) is 0 Å². The molecule has 0 aromatic heterocycles. The van der Waals surface area contributed by atoms with Crippen LogP contribution in [0.2, 0.25) is 0 Å². The summed E-state index contributed by atoms with van der Waals surface area (Å²) in [6.07, 6.45) is 4.41. The highest BCUT2D eigenvalue weighted by atomic mass is 16.3. The Morgan fingerprint density at radius 2 is 1.67 bits per heavy atom. The van der Waals surface area contributed by atoms with Gasteiger partial charge >= 0.3 is 0 Å². The summed E-state index contributed by atoms with van der Waals surface area (Å²) in [4.78, 5) is 2.74. The number of likely N-dealkylation sites (tertiary alicyclic amines) is 1. The molecule has 6 atom stereocenters. The summed E-state index contributed by atoms with van der Waals surface area (Å²) in [5.74, 6) is 2.88. The molecule has 0 radical (unpaired) electrons. The molecule has 3 aliphatic rings. The van der Waals surface area contributed by atoms with E-state index in [1.165, 1.54) is 24.0 Å². The van der Waals surface area contributed by atoms with Gasteiger partial charge in [-0.3, -0.25) is 4.90 Å². The van der Waals surface area contributed by atoms with Gasteiger partial charge in [0, 0.05) is 30.5 Å². The van der Waals surface area contributed by atoms with Gasteiger partial charge in [0.2, 0.25) is 0 Å². The quantitative estimate of drug-likeness (QED) is 0.732. The van der Waals surface area contributed by atoms with E-state index >= 15 is 0 Å². The molecule has 2 nitrogen and oxygen atoms in total. The molecule has 2 heteroatoms. The fourth-order valence-corrected chi connectivity index (χ4v) is 6.99. The normalized spacial score (nSPS) is 34.4. The van der Waals surface area contributed by atoms with Crippen LogP contribution in [0.3, 0.4) is 0 Å². The van der Waals surface area contributed by atoms with Crippen LogP contribution in [-0.4, -0.2) is 34.7 Å². The fraction of sp³-hybridized carbons (Fsp3) is 0.571. The van der Waals surface area contributed by atoms with Crippen molar-refractivity contribution in [2.75, 3.05) is 13.1 Å². The highest BCUT2D eigenvalue weighted by Crippen LogP contribution is 2.50. The van der Waals surface area contributed by atoms with Crippen molar-refractivity contribution in [3.05, 3.63) is 71.3 Å². The first-order valence-corrected chi connectivity index (χ1v) is 12.0. The Bertz CT molecular complexity index is 875. The second-order valence-electron chi connectivity index (χ2n) is 10.9. The molecule has 0 bridgehead atoms. The third kappa shape index (κ3) is 3.42. The van der Waals surface area contributed by atoms with Gasteiger partial charge in [0.05, 0.1) is 6.10 Å². The minimum atomic E-state index is -0.159. The Balaban J connectivity index is 1.45. The van der Waals surface area contributed by atoms with Crippen molar-refractivity contribution in [1.82, 2.24) is 4.90 Å². The molecule has 1 aliphatic heterocycles. The molecule has 0 amide bonds. The second-order valence-corrected chi connectivity index (χ2v) is 10.9. The number of aliphatic hydroxyl groups is 1. The maximum absolute atomic E-state index is 10.9. The summed E-state index contributed by atoms with van der Waals surface area (Å²) in [5, 5.41) is 10.9. The van der Waals surface area contributed by atoms with Crippen LogP contribution in [0, 0.1) is 23.7 Å². The molecule has 0 spiro atoms. The standard InChI is InChI=1S/C28H37NO/c1-19-13-14-25(26(30)15-19)28(2,3)29-17-22-16-21-11-7-8-12-23(21)27(24(22)18-29)20-9-5-4-6-10-20/h4-12,19,22,24-27,30H,13-18H2,1-3H3/t19-,22+,24+,25-,26-,27-/m1/s1. The predicted molar refractivity (Wildman–Crippen MR) is 124 cm³/mol. The molecule has 160 valence electrons. The molecule has 2 fully saturated rings. The number of aliphatic hydroxyl groups excluding tert-OH is 1. The van der Waals surface area contributed by atoms with Gasteiger partial charge in [0.15, 0.2) is 0 Å². The number of hydrogen-bond donors (Lipinski definition) is 1. The molecule has 1 heterocycles. The molecule has 0 unspecified atom stereocenters. The van der Waals surface area contributed by atoms with Crippen LogP contribution in [0.25, 0.3) is 0 Å². The Labute approximate surface area is 182 Å². The van der Waals surface area contributed by atoms with Gasteiger partial charge in [-0.1, -0.05) is 67.9 Å². The van der Waals surface area contributed by atoms with Crippen LogP contribution in [-0.2, 0) is 6.42 Å². The second kappa shape index (κ2) is 7.80. The van der Waals surface area contributed by atoms with Crippen molar-refractivity contribution in [3.63, 3.8) is 0 Å². The summed E-state index contributed by atoms with van der Waals surface area (Å²) in [6, 6.07) is 20.3. The summed E-state index contributed by atoms with van der Waals surface area (Å²) < 4.78 is 0. The van der Waals surface area contributed by atoms with Crippen LogP contribution in [0.1, 0.15) is 62.6 Å². The highest BCUT2D eigenvalue weighted by molar-refractivity contribution is 5.42. The molecule has 1 saturated heterocycles. The van der Waals surface area contributed by atoms with Gasteiger partial charge in [-0.15, -0.1) is 0 Å². The molecule has 2 aromatic carbocycles. The zero-order valence-corrected chi connectivity index (χ0v) is 18.8. The molecular formula is C28H37NO. The number of rotatable bonds is 3. The Morgan fingerprint density at radius 3 is 2.43 bits per heavy atom. The lowest BCUT2D eigenvalue weighted by atomic mass is 9.68. The zero-order valence-electron chi connectivity index (χ0n) is 18.8. The van der Waals surface area contributed by atoms with E-state index in [1.807, 2.05) is 0 Å². The van der Waals surface area contributed by atoms with E-state index in [9.17, 15) is 5.11 Å². The highest BCUT2D eigenvalue weighted by Gasteiger charge is 2.49. The molecule has 1 saturated carbocycles. The van der Waals surface area contributed by atoms with E-state index in [1.54, 1.807) is 5.56 Å². The summed E-state index contributed by atoms with van der Waals surface area (Å²) in [5.41, 5.74) is 4.59. The first kappa shape index (κ1) is 20.3. The molecule has 2 aromatic rings. The van der Waals surface area contributed by atoms with E-state index < -0.39 is 0 Å². The Morgan fingerprint density at radius 1 is 0.933 bits per heavy atom. The lowest BCUT2D eigenvalue weighted by Gasteiger charge is -2.47. The average Bonchev–Trinajstić information content (AvgIpc) is 3.17. The van der Waals surface area contributed by atoms with E-state index in [0.717, 1.165) is 25.9 Å². The van der Waals surface area contributed by atoms with Gasteiger partial charge < -0.3 is 5.11 Å². The summed E-state index contributed by atoms with van der Waals surface area (Å²) in [7, 11) is 0. The topological polar surface area (TPSA) is 23.5 Å². The summed E-state index contributed by atoms with van der Waals surface area (Å²) in [6.45, 7) is 9.40. The molecular weight excluding hydrogens is 366 g/mol. The van der Waals surface area contributed by atoms with Crippen LogP contribution < -0.4 is 0 Å². The predicted octanol–water partition coefficient (Wildman–Crippen LogP) is 5.50. The van der Waals surface area contributed by atoms with E-state index in [0.29, 0.717) is 29.6 Å². The van der Waals surface area contributed by atoms with Crippen molar-refractivity contribution in [2.45, 2.75) is 64.0 Å². The van der Waals surface area contributed by atoms with Crippen LogP contribution in [0.4, 0.5) is 0 Å². The maximum atomic E-state index is 10.9. The van der Waals surface area contributed by atoms with Crippen LogP contribution >= 0.6 is 0 Å². The Kier molecular flexibility index (Phi) is 5.27. The largest absolute Gasteiger partial charge is 0.393 e. The van der Waals surface area contributed by atoms with Crippen LogP contribution in [0.15, 0.2) is 54.6 Å². The summed E-state index contributed by atoms with van der Waals surface area (Å²) >= 11 is 0. The molecule has 1 N–H and O–H groups in total. The van der Waals surface area contributed by atoms with Gasteiger partial charge in [-0.2, -0.15) is 0 Å². The molecule has 2 aliphatic carbocycles. The minimum Gasteiger partial charge on any atom is -0.393 e. The van der Waals surface area contributed by atoms with Crippen molar-refractivity contribution in [2.24, 2.45) is 23.7 Å². The van der Waals surface area contributed by atoms with Crippen molar-refractivity contribution in [1.29, 1.82) is 0 Å². The van der Waals surface area contributed by atoms with E-state index in [-0.39, 0.29) is 11.6 Å². The maximum Gasteiger partial charge on any atom is 0.0588 e. The van der Waals surface area contributed by atoms with Crippen molar-refractivity contribution in [3.8, 4) is 0 Å². The van der Waals surface area contributed by atoms with Crippen LogP contribution in [0.5, 0.6) is 0 Å². The lowest BCUT2D eigenvalue weighted by Crippen LogP contribution is -2.53. The van der Waals surface area contributed by atoms with E-state index in [4.69, 9.17) is 0 Å². The van der Waals surface area contributed by atoms with Gasteiger partial charge in [0.25, 0.3) is 0 Å². The smallest absolute Gasteiger partial charge is 0.0588 e. The Hall–Kier alpha value is -1.64. The van der Waals surface area contributed by atoms with Crippen molar-refractivity contribution < 1.29 is 5.11 Å². The number of nitrogens with zero attached hydrogens (tertiary/aromatic N) is 1. The SMILES string of the molecule is C[C@@H]1CC[C@@H](C(C)(C)N2C[C@@H]3Cc4ccccc4[C@@H](c4ccccc4)[C@H]3C2)[C@H](O)C1. The lowest BCUT2D eigenvalue weighted by molar-refractivity contribution is -0.0386. The number of hydrogen-bond acceptors (Lipinski definition) is 2. The zero-order chi connectivity index (χ0) is 20.9. The average molecular weight is 404 g/mol. The third-order valence-electron chi connectivity index (χ3n) is 8.75. The molecule has 5 rings (SSSR count). The van der Waals surface area contributed by atoms with Gasteiger partial charge in [-0.25, -0.2) is 0 Å². The van der Waals surface area contributed by atoms with E-state index in [2.05, 4.69) is 80.3 Å².